The molecule has 0 bridgehead atoms. The maximum atomic E-state index is 13.4. The third-order valence-electron chi connectivity index (χ3n) is 6.31. The van der Waals surface area contributed by atoms with Crippen LogP contribution < -0.4 is 5.32 Å². The number of aryl methyl sites for hydroxylation is 3. The number of imidazole rings is 1. The molecule has 0 spiro atoms. The molecular formula is C25H31ClFN3O2S. The number of fused-ring (bicyclic) bond motifs is 1. The monoisotopic (exact) mass is 491 g/mol. The zero-order valence-electron chi connectivity index (χ0n) is 19.0. The Hall–Kier alpha value is -2.22. The van der Waals surface area contributed by atoms with Gasteiger partial charge in [-0.25, -0.2) is 17.8 Å². The fourth-order valence-electron chi connectivity index (χ4n) is 4.64. The van der Waals surface area contributed by atoms with E-state index in [0.717, 1.165) is 36.9 Å². The van der Waals surface area contributed by atoms with Crippen molar-refractivity contribution in [3.8, 4) is 0 Å². The molecule has 5 nitrogen and oxygen atoms in total. The van der Waals surface area contributed by atoms with E-state index in [1.54, 1.807) is 17.8 Å². The molecule has 178 valence electrons. The third kappa shape index (κ3) is 6.02. The summed E-state index contributed by atoms with van der Waals surface area (Å²) in [6.07, 6.45) is 6.37. The van der Waals surface area contributed by atoms with Crippen LogP contribution in [0.4, 0.5) is 4.39 Å². The lowest BCUT2D eigenvalue weighted by Crippen LogP contribution is -2.39. The fraction of sp³-hybridized carbons (Fsp3) is 0.400. The van der Waals surface area contributed by atoms with Crippen molar-refractivity contribution in [1.29, 1.82) is 0 Å². The molecule has 0 amide bonds. The summed E-state index contributed by atoms with van der Waals surface area (Å²) in [5, 5.41) is 3.75. The van der Waals surface area contributed by atoms with Crippen LogP contribution in [0.5, 0.6) is 0 Å². The van der Waals surface area contributed by atoms with Gasteiger partial charge in [-0.1, -0.05) is 37.3 Å². The Morgan fingerprint density at radius 3 is 2.55 bits per heavy atom. The number of nitrogens with one attached hydrogen (secondary N) is 1. The van der Waals surface area contributed by atoms with Crippen LogP contribution in [0.15, 0.2) is 60.0 Å². The van der Waals surface area contributed by atoms with E-state index in [1.807, 2.05) is 12.1 Å². The number of hydrogen-bond donors (Lipinski definition) is 1. The molecule has 3 aromatic rings. The maximum absolute atomic E-state index is 13.4. The second-order valence-electron chi connectivity index (χ2n) is 8.62. The van der Waals surface area contributed by atoms with Crippen LogP contribution >= 0.6 is 12.4 Å². The van der Waals surface area contributed by atoms with E-state index in [9.17, 15) is 12.8 Å². The molecule has 1 aromatic heterocycles. The fourth-order valence-corrected chi connectivity index (χ4v) is 5.89. The average Bonchev–Trinajstić information content (AvgIpc) is 3.23. The zero-order chi connectivity index (χ0) is 22.7. The lowest BCUT2D eigenvalue weighted by Gasteiger charge is -2.35. The van der Waals surface area contributed by atoms with Crippen LogP contribution in [-0.4, -0.2) is 36.3 Å². The van der Waals surface area contributed by atoms with E-state index in [0.29, 0.717) is 12.5 Å². The van der Waals surface area contributed by atoms with E-state index in [1.165, 1.54) is 29.6 Å². The lowest BCUT2D eigenvalue weighted by atomic mass is 9.75. The summed E-state index contributed by atoms with van der Waals surface area (Å²) in [7, 11) is -1.66. The van der Waals surface area contributed by atoms with Crippen molar-refractivity contribution >= 4 is 22.2 Å². The lowest BCUT2D eigenvalue weighted by molar-refractivity contribution is 0.392. The van der Waals surface area contributed by atoms with Gasteiger partial charge >= 0.3 is 0 Å². The molecule has 2 unspecified atom stereocenters. The van der Waals surface area contributed by atoms with Gasteiger partial charge in [-0.2, -0.15) is 0 Å². The molecule has 0 saturated heterocycles. The Balaban J connectivity index is 0.00000306. The highest BCUT2D eigenvalue weighted by atomic mass is 35.5. The minimum absolute atomic E-state index is 0. The van der Waals surface area contributed by atoms with E-state index < -0.39 is 9.84 Å². The molecule has 0 aliphatic heterocycles. The van der Waals surface area contributed by atoms with Crippen molar-refractivity contribution in [2.75, 3.05) is 12.3 Å². The molecule has 4 rings (SSSR count). The number of rotatable bonds is 8. The first kappa shape index (κ1) is 25.4. The number of sulfone groups is 1. The van der Waals surface area contributed by atoms with E-state index in [4.69, 9.17) is 0 Å². The predicted molar refractivity (Wildman–Crippen MR) is 131 cm³/mol. The van der Waals surface area contributed by atoms with Crippen molar-refractivity contribution in [3.63, 3.8) is 0 Å². The Kier molecular flexibility index (Phi) is 8.32. The average molecular weight is 492 g/mol. The van der Waals surface area contributed by atoms with Crippen LogP contribution in [-0.2, 0) is 36.1 Å². The van der Waals surface area contributed by atoms with Crippen molar-refractivity contribution in [1.82, 2.24) is 14.9 Å². The zero-order valence-corrected chi connectivity index (χ0v) is 20.6. The molecule has 1 aliphatic rings. The molecule has 1 heterocycles. The van der Waals surface area contributed by atoms with Crippen LogP contribution in [0.25, 0.3) is 0 Å². The van der Waals surface area contributed by atoms with Crippen LogP contribution in [0.3, 0.4) is 0 Å². The summed E-state index contributed by atoms with van der Waals surface area (Å²) >= 11 is 0. The summed E-state index contributed by atoms with van der Waals surface area (Å²) in [6, 6.07) is 13.5. The van der Waals surface area contributed by atoms with Crippen molar-refractivity contribution < 1.29 is 12.8 Å². The first-order chi connectivity index (χ1) is 15.4. The van der Waals surface area contributed by atoms with Crippen molar-refractivity contribution in [3.05, 3.63) is 83.1 Å². The highest BCUT2D eigenvalue weighted by molar-refractivity contribution is 7.91. The Labute approximate surface area is 201 Å². The van der Waals surface area contributed by atoms with Gasteiger partial charge in [0.1, 0.15) is 5.82 Å². The molecule has 1 aliphatic carbocycles. The van der Waals surface area contributed by atoms with Gasteiger partial charge in [0.2, 0.25) is 0 Å². The van der Waals surface area contributed by atoms with Gasteiger partial charge < -0.3 is 9.88 Å². The third-order valence-corrected chi connectivity index (χ3v) is 7.90. The van der Waals surface area contributed by atoms with Gasteiger partial charge in [-0.05, 0) is 66.6 Å². The van der Waals surface area contributed by atoms with Crippen LogP contribution in [0.1, 0.15) is 41.5 Å². The number of benzene rings is 2. The molecular weight excluding hydrogens is 461 g/mol. The summed E-state index contributed by atoms with van der Waals surface area (Å²) < 4.78 is 40.4. The number of likely N-dealkylation sites (N-methyl/N-ethyl adjacent to an activating group) is 1. The molecule has 0 saturated carbocycles. The van der Waals surface area contributed by atoms with Gasteiger partial charge in [0.05, 0.1) is 12.1 Å². The molecule has 1 N–H and O–H groups in total. The van der Waals surface area contributed by atoms with Gasteiger partial charge in [-0.15, -0.1) is 12.4 Å². The summed E-state index contributed by atoms with van der Waals surface area (Å²) in [4.78, 5) is 4.01. The predicted octanol–water partition coefficient (Wildman–Crippen LogP) is 4.25. The number of nitrogens with zero attached hydrogens (tertiary/aromatic N) is 2. The highest BCUT2D eigenvalue weighted by Crippen LogP contribution is 2.35. The quantitative estimate of drug-likeness (QED) is 0.511. The summed E-state index contributed by atoms with van der Waals surface area (Å²) in [6.45, 7) is 3.01. The van der Waals surface area contributed by atoms with Crippen molar-refractivity contribution in [2.45, 2.75) is 49.6 Å². The topological polar surface area (TPSA) is 64.0 Å². The first-order valence-electron chi connectivity index (χ1n) is 11.2. The minimum atomic E-state index is -3.42. The normalized spacial score (nSPS) is 17.9. The smallest absolute Gasteiger partial charge is 0.197 e. The first-order valence-corrected chi connectivity index (χ1v) is 12.8. The van der Waals surface area contributed by atoms with Crippen molar-refractivity contribution in [2.24, 2.45) is 7.05 Å². The van der Waals surface area contributed by atoms with E-state index >= 15 is 0 Å². The Morgan fingerprint density at radius 2 is 1.88 bits per heavy atom. The second-order valence-corrected chi connectivity index (χ2v) is 10.7. The number of aromatic nitrogens is 2. The van der Waals surface area contributed by atoms with Crippen LogP contribution in [0, 0.1) is 5.82 Å². The second kappa shape index (κ2) is 10.8. The maximum Gasteiger partial charge on any atom is 0.197 e. The molecule has 0 fully saturated rings. The highest BCUT2D eigenvalue weighted by Gasteiger charge is 2.29. The minimum Gasteiger partial charge on any atom is -0.339 e. The Bertz CT molecular complexity index is 1180. The van der Waals surface area contributed by atoms with Gasteiger partial charge in [0.15, 0.2) is 14.9 Å². The molecule has 0 radical (unpaired) electrons. The van der Waals surface area contributed by atoms with Gasteiger partial charge in [-0.3, -0.25) is 0 Å². The summed E-state index contributed by atoms with van der Waals surface area (Å²) in [5.41, 5.74) is 4.72. The molecule has 33 heavy (non-hydrogen) atoms. The molecule has 2 atom stereocenters. The standard InChI is InChI=1S/C25H30FN3O2S.ClH/c1-3-27-24-11-8-20-7-4-19(12-13-32(30,31)25-16-29(2)17-28-25)14-22(20)23(24)15-18-5-9-21(26)10-6-18;/h4-7,9-10,14,16-17,23-24,27H,3,8,11-13,15H2,1-2H3;1H. The largest absolute Gasteiger partial charge is 0.339 e. The van der Waals surface area contributed by atoms with Gasteiger partial charge in [0, 0.05) is 25.2 Å². The van der Waals surface area contributed by atoms with Crippen LogP contribution in [0.2, 0.25) is 0 Å². The summed E-state index contributed by atoms with van der Waals surface area (Å²) in [5.74, 6) is 0.0659. The SMILES string of the molecule is CCNC1CCc2ccc(CCS(=O)(=O)c3cn(C)cn3)cc2C1Cc1ccc(F)cc1.Cl. The molecule has 2 aromatic carbocycles. The Morgan fingerprint density at radius 1 is 1.15 bits per heavy atom. The number of halogens is 2. The van der Waals surface area contributed by atoms with Gasteiger partial charge in [0.25, 0.3) is 0 Å². The van der Waals surface area contributed by atoms with E-state index in [-0.39, 0.29) is 34.9 Å². The number of hydrogen-bond acceptors (Lipinski definition) is 4. The van der Waals surface area contributed by atoms with E-state index in [2.05, 4.69) is 35.4 Å². The molecule has 8 heteroatoms.